The van der Waals surface area contributed by atoms with E-state index < -0.39 is 6.04 Å². The summed E-state index contributed by atoms with van der Waals surface area (Å²) < 4.78 is 28.7. The maximum absolute atomic E-state index is 13.8. The fourth-order valence-corrected chi connectivity index (χ4v) is 4.85. The SMILES string of the molecule is CCOc1cc2c(cc1OCC)[C@@H](c1cc(OC)c(OC)c(OC)c1)N(c1ccc(C)c(C)c1)C(=O)C2. The van der Waals surface area contributed by atoms with Crippen molar-refractivity contribution in [3.05, 3.63) is 70.3 Å². The molecule has 3 aromatic rings. The van der Waals surface area contributed by atoms with Gasteiger partial charge in [0.1, 0.15) is 0 Å². The summed E-state index contributed by atoms with van der Waals surface area (Å²) in [7, 11) is 4.75. The summed E-state index contributed by atoms with van der Waals surface area (Å²) in [5.74, 6) is 2.81. The summed E-state index contributed by atoms with van der Waals surface area (Å²) in [4.78, 5) is 15.7. The Morgan fingerprint density at radius 1 is 0.784 bits per heavy atom. The number of methoxy groups -OCH3 is 3. The van der Waals surface area contributed by atoms with Crippen molar-refractivity contribution in [1.82, 2.24) is 0 Å². The van der Waals surface area contributed by atoms with Crippen LogP contribution in [-0.4, -0.2) is 40.5 Å². The molecule has 1 aliphatic heterocycles. The molecular weight excluding hydrogens is 470 g/mol. The monoisotopic (exact) mass is 505 g/mol. The van der Waals surface area contributed by atoms with Gasteiger partial charge in [0.15, 0.2) is 23.0 Å². The summed E-state index contributed by atoms with van der Waals surface area (Å²) in [5, 5.41) is 0. The van der Waals surface area contributed by atoms with E-state index in [4.69, 9.17) is 23.7 Å². The Labute approximate surface area is 218 Å². The first kappa shape index (κ1) is 26.2. The summed E-state index contributed by atoms with van der Waals surface area (Å²) >= 11 is 0. The van der Waals surface area contributed by atoms with Gasteiger partial charge in [-0.05, 0) is 91.9 Å². The number of rotatable bonds is 9. The Balaban J connectivity index is 2.01. The number of carbonyl (C=O) groups excluding carboxylic acids is 1. The Bertz CT molecular complexity index is 1280. The molecule has 3 aromatic carbocycles. The molecule has 1 heterocycles. The number of hydrogen-bond donors (Lipinski definition) is 0. The molecule has 1 atom stereocenters. The van der Waals surface area contributed by atoms with Crippen LogP contribution < -0.4 is 28.6 Å². The molecule has 37 heavy (non-hydrogen) atoms. The topological polar surface area (TPSA) is 66.5 Å². The molecule has 1 amide bonds. The third kappa shape index (κ3) is 4.90. The molecule has 7 nitrogen and oxygen atoms in total. The quantitative estimate of drug-likeness (QED) is 0.366. The highest BCUT2D eigenvalue weighted by Crippen LogP contribution is 2.47. The molecule has 196 valence electrons. The van der Waals surface area contributed by atoms with Gasteiger partial charge in [-0.2, -0.15) is 0 Å². The Kier molecular flexibility index (Phi) is 7.81. The second-order valence-electron chi connectivity index (χ2n) is 8.93. The smallest absolute Gasteiger partial charge is 0.232 e. The highest BCUT2D eigenvalue weighted by atomic mass is 16.5. The lowest BCUT2D eigenvalue weighted by molar-refractivity contribution is -0.118. The number of carbonyl (C=O) groups is 1. The van der Waals surface area contributed by atoms with E-state index in [9.17, 15) is 4.79 Å². The largest absolute Gasteiger partial charge is 0.493 e. The van der Waals surface area contributed by atoms with Crippen molar-refractivity contribution in [2.75, 3.05) is 39.4 Å². The van der Waals surface area contributed by atoms with Crippen LogP contribution in [0, 0.1) is 13.8 Å². The summed E-state index contributed by atoms with van der Waals surface area (Å²) in [6, 6.07) is 13.4. The zero-order valence-corrected chi connectivity index (χ0v) is 22.6. The molecule has 0 unspecified atom stereocenters. The van der Waals surface area contributed by atoms with E-state index in [2.05, 4.69) is 19.9 Å². The van der Waals surface area contributed by atoms with Crippen molar-refractivity contribution in [2.45, 2.75) is 40.2 Å². The second kappa shape index (κ2) is 11.0. The second-order valence-corrected chi connectivity index (χ2v) is 8.93. The predicted molar refractivity (Wildman–Crippen MR) is 144 cm³/mol. The van der Waals surface area contributed by atoms with Gasteiger partial charge < -0.3 is 28.6 Å². The van der Waals surface area contributed by atoms with Gasteiger partial charge in [0.05, 0.1) is 47.0 Å². The summed E-state index contributed by atoms with van der Waals surface area (Å²) in [5.41, 5.74) is 5.78. The van der Waals surface area contributed by atoms with Crippen LogP contribution in [0.4, 0.5) is 5.69 Å². The van der Waals surface area contributed by atoms with Gasteiger partial charge in [-0.25, -0.2) is 0 Å². The van der Waals surface area contributed by atoms with E-state index in [0.717, 1.165) is 33.5 Å². The maximum atomic E-state index is 13.8. The summed E-state index contributed by atoms with van der Waals surface area (Å²) in [6.45, 7) is 8.98. The number of ether oxygens (including phenoxy) is 5. The zero-order chi connectivity index (χ0) is 26.7. The molecule has 0 N–H and O–H groups in total. The van der Waals surface area contributed by atoms with E-state index >= 15 is 0 Å². The van der Waals surface area contributed by atoms with Gasteiger partial charge >= 0.3 is 0 Å². The molecule has 0 saturated heterocycles. The Morgan fingerprint density at radius 2 is 1.41 bits per heavy atom. The van der Waals surface area contributed by atoms with Gasteiger partial charge in [-0.3, -0.25) is 4.79 Å². The van der Waals surface area contributed by atoms with Crippen LogP contribution in [0.15, 0.2) is 42.5 Å². The van der Waals surface area contributed by atoms with Gasteiger partial charge in [-0.1, -0.05) is 6.07 Å². The number of hydrogen-bond acceptors (Lipinski definition) is 6. The van der Waals surface area contributed by atoms with Crippen LogP contribution in [0.25, 0.3) is 0 Å². The molecule has 7 heteroatoms. The third-order valence-corrected chi connectivity index (χ3v) is 6.74. The molecule has 0 bridgehead atoms. The van der Waals surface area contributed by atoms with Crippen molar-refractivity contribution in [2.24, 2.45) is 0 Å². The fourth-order valence-electron chi connectivity index (χ4n) is 4.85. The van der Waals surface area contributed by atoms with E-state index in [1.807, 2.05) is 55.1 Å². The first-order valence-corrected chi connectivity index (χ1v) is 12.5. The van der Waals surface area contributed by atoms with Gasteiger partial charge in [-0.15, -0.1) is 0 Å². The van der Waals surface area contributed by atoms with E-state index in [-0.39, 0.29) is 12.3 Å². The third-order valence-electron chi connectivity index (χ3n) is 6.74. The first-order valence-electron chi connectivity index (χ1n) is 12.5. The maximum Gasteiger partial charge on any atom is 0.232 e. The minimum Gasteiger partial charge on any atom is -0.493 e. The Hall–Kier alpha value is -3.87. The minimum atomic E-state index is -0.457. The van der Waals surface area contributed by atoms with Crippen LogP contribution in [0.3, 0.4) is 0 Å². The number of amides is 1. The molecule has 0 spiro atoms. The normalized spacial score (nSPS) is 14.7. The number of fused-ring (bicyclic) bond motifs is 1. The first-order chi connectivity index (χ1) is 17.9. The fraction of sp³-hybridized carbons (Fsp3) is 0.367. The van der Waals surface area contributed by atoms with Gasteiger partial charge in [0, 0.05) is 5.69 Å². The molecule has 1 aliphatic rings. The van der Waals surface area contributed by atoms with Crippen molar-refractivity contribution >= 4 is 11.6 Å². The lowest BCUT2D eigenvalue weighted by Gasteiger charge is -2.38. The summed E-state index contributed by atoms with van der Waals surface area (Å²) in [6.07, 6.45) is 0.246. The average Bonchev–Trinajstić information content (AvgIpc) is 2.89. The van der Waals surface area contributed by atoms with Crippen LogP contribution in [0.2, 0.25) is 0 Å². The van der Waals surface area contributed by atoms with Crippen molar-refractivity contribution in [3.63, 3.8) is 0 Å². The lowest BCUT2D eigenvalue weighted by atomic mass is 9.86. The van der Waals surface area contributed by atoms with Crippen LogP contribution in [0.1, 0.15) is 47.7 Å². The standard InChI is InChI=1S/C30H35NO6/c1-8-36-24-13-20-16-28(32)31(22-11-10-18(3)19(4)12-22)29(23(20)17-25(24)37-9-2)21-14-26(33-5)30(35-7)27(15-21)34-6/h10-15,17,29H,8-9,16H2,1-7H3/t29-/m1/s1. The molecule has 0 fully saturated rings. The van der Waals surface area contributed by atoms with E-state index in [0.29, 0.717) is 42.0 Å². The molecular formula is C30H35NO6. The van der Waals surface area contributed by atoms with Crippen molar-refractivity contribution in [1.29, 1.82) is 0 Å². The van der Waals surface area contributed by atoms with Crippen LogP contribution in [0.5, 0.6) is 28.7 Å². The molecule has 0 aromatic heterocycles. The highest BCUT2D eigenvalue weighted by molar-refractivity contribution is 5.98. The van der Waals surface area contributed by atoms with Crippen molar-refractivity contribution < 1.29 is 28.5 Å². The minimum absolute atomic E-state index is 0.0129. The lowest BCUT2D eigenvalue weighted by Crippen LogP contribution is -2.41. The number of anilines is 1. The average molecular weight is 506 g/mol. The van der Waals surface area contributed by atoms with E-state index in [1.165, 1.54) is 0 Å². The number of benzene rings is 3. The van der Waals surface area contributed by atoms with Crippen LogP contribution >= 0.6 is 0 Å². The molecule has 0 aliphatic carbocycles. The molecule has 0 saturated carbocycles. The molecule has 4 rings (SSSR count). The van der Waals surface area contributed by atoms with Crippen LogP contribution in [-0.2, 0) is 11.2 Å². The Morgan fingerprint density at radius 3 is 1.95 bits per heavy atom. The number of aryl methyl sites for hydroxylation is 2. The molecule has 0 radical (unpaired) electrons. The highest BCUT2D eigenvalue weighted by Gasteiger charge is 2.37. The van der Waals surface area contributed by atoms with Gasteiger partial charge in [0.2, 0.25) is 11.7 Å². The van der Waals surface area contributed by atoms with E-state index in [1.54, 1.807) is 21.3 Å². The predicted octanol–water partition coefficient (Wildman–Crippen LogP) is 5.81. The number of nitrogens with zero attached hydrogens (tertiary/aromatic N) is 1. The van der Waals surface area contributed by atoms with Crippen molar-refractivity contribution in [3.8, 4) is 28.7 Å². The van der Waals surface area contributed by atoms with Gasteiger partial charge in [0.25, 0.3) is 0 Å². The zero-order valence-electron chi connectivity index (χ0n) is 22.6.